The minimum atomic E-state index is -1.06. The number of carbonyl (C=O) groups is 2. The van der Waals surface area contributed by atoms with Crippen molar-refractivity contribution in [3.63, 3.8) is 0 Å². The van der Waals surface area contributed by atoms with Gasteiger partial charge in [0.1, 0.15) is 5.75 Å². The van der Waals surface area contributed by atoms with Crippen molar-refractivity contribution in [3.05, 3.63) is 79.9 Å². The van der Waals surface area contributed by atoms with Gasteiger partial charge in [-0.3, -0.25) is 19.7 Å². The summed E-state index contributed by atoms with van der Waals surface area (Å²) in [7, 11) is -1.06. The van der Waals surface area contributed by atoms with Crippen molar-refractivity contribution in [1.82, 2.24) is 0 Å². The first kappa shape index (κ1) is 30.7. The van der Waals surface area contributed by atoms with Crippen molar-refractivity contribution in [2.45, 2.75) is 78.6 Å². The van der Waals surface area contributed by atoms with Crippen LogP contribution in [0, 0.1) is 41.7 Å². The molecule has 2 saturated heterocycles. The summed E-state index contributed by atoms with van der Waals surface area (Å²) in [6.07, 6.45) is 6.25. The molecule has 2 aliphatic heterocycles. The number of nitro groups is 1. The van der Waals surface area contributed by atoms with Crippen molar-refractivity contribution in [2.24, 2.45) is 17.8 Å². The van der Waals surface area contributed by atoms with Crippen molar-refractivity contribution in [1.29, 1.82) is 0 Å². The fourth-order valence-corrected chi connectivity index (χ4v) is 7.28. The van der Waals surface area contributed by atoms with Crippen LogP contribution in [-0.4, -0.2) is 40.1 Å². The maximum atomic E-state index is 13.9. The number of non-ortho nitro benzene ring substituents is 1. The summed E-state index contributed by atoms with van der Waals surface area (Å²) >= 11 is 0. The van der Waals surface area contributed by atoms with Gasteiger partial charge in [0, 0.05) is 12.1 Å². The number of aryl methyl sites for hydroxylation is 2. The topological polar surface area (TPSA) is 130 Å². The summed E-state index contributed by atoms with van der Waals surface area (Å²) in [5.41, 5.74) is 6.07. The predicted octanol–water partition coefficient (Wildman–Crippen LogP) is 6.29. The molecular formula is C33H39BN2O7. The number of amides is 2. The summed E-state index contributed by atoms with van der Waals surface area (Å²) in [4.78, 5) is 39.6. The second-order valence-corrected chi connectivity index (χ2v) is 12.1. The van der Waals surface area contributed by atoms with E-state index in [1.165, 1.54) is 23.8 Å². The maximum Gasteiger partial charge on any atom is 0.455 e. The van der Waals surface area contributed by atoms with Crippen molar-refractivity contribution in [2.75, 3.05) is 4.90 Å². The van der Waals surface area contributed by atoms with Gasteiger partial charge in [-0.25, -0.2) is 4.90 Å². The standard InChI is InChI=1S/C33H39BN2O7/c1-5-8-23-16-26-30(33(39)35(32(26)38)24-9-7-10-25(17-24)36(41)42)27-18-34(40)43-28(29(23)27)12-11-21(6-2)15-22-13-19(3)31(37)20(4)14-22/h7,9-10,13-15,17,26-28,30,37,40H,5-6,8,11-12,16,18H2,1-4H3/b21-15+/t26-,27+,28-,30-/m1/s1. The Kier molecular flexibility index (Phi) is 8.90. The van der Waals surface area contributed by atoms with E-state index in [9.17, 15) is 29.8 Å². The molecule has 0 saturated carbocycles. The van der Waals surface area contributed by atoms with Crippen molar-refractivity contribution in [3.8, 4) is 5.75 Å². The predicted molar refractivity (Wildman–Crippen MR) is 165 cm³/mol. The molecular weight excluding hydrogens is 547 g/mol. The highest BCUT2D eigenvalue weighted by molar-refractivity contribution is 6.43. The molecule has 0 radical (unpaired) electrons. The number of nitro benzene ring substituents is 1. The lowest BCUT2D eigenvalue weighted by Crippen LogP contribution is -2.46. The Balaban J connectivity index is 1.44. The second kappa shape index (κ2) is 12.5. The van der Waals surface area contributed by atoms with E-state index in [2.05, 4.69) is 19.9 Å². The number of imide groups is 1. The van der Waals surface area contributed by atoms with E-state index >= 15 is 0 Å². The fourth-order valence-electron chi connectivity index (χ4n) is 7.28. The average Bonchev–Trinajstić information content (AvgIpc) is 3.22. The number of nitrogens with zero attached hydrogens (tertiary/aromatic N) is 2. The average molecular weight is 586 g/mol. The van der Waals surface area contributed by atoms with Gasteiger partial charge in [-0.2, -0.15) is 0 Å². The highest BCUT2D eigenvalue weighted by Gasteiger charge is 2.57. The van der Waals surface area contributed by atoms with Crippen LogP contribution >= 0.6 is 0 Å². The lowest BCUT2D eigenvalue weighted by atomic mass is 9.58. The van der Waals surface area contributed by atoms with Gasteiger partial charge >= 0.3 is 7.12 Å². The van der Waals surface area contributed by atoms with Gasteiger partial charge in [-0.1, -0.05) is 43.6 Å². The molecule has 4 atom stereocenters. The minimum absolute atomic E-state index is 0.183. The van der Waals surface area contributed by atoms with Gasteiger partial charge < -0.3 is 14.8 Å². The molecule has 0 bridgehead atoms. The summed E-state index contributed by atoms with van der Waals surface area (Å²) < 4.78 is 6.15. The van der Waals surface area contributed by atoms with Gasteiger partial charge in [-0.05, 0) is 98.7 Å². The third kappa shape index (κ3) is 5.90. The maximum absolute atomic E-state index is 13.9. The Morgan fingerprint density at radius 3 is 2.51 bits per heavy atom. The van der Waals surface area contributed by atoms with Crippen molar-refractivity contribution >= 4 is 36.4 Å². The molecule has 10 heteroatoms. The zero-order valence-electron chi connectivity index (χ0n) is 25.2. The van der Waals surface area contributed by atoms with E-state index in [1.54, 1.807) is 6.07 Å². The van der Waals surface area contributed by atoms with Gasteiger partial charge in [0.25, 0.3) is 5.69 Å². The van der Waals surface area contributed by atoms with Crippen LogP contribution in [0.15, 0.2) is 53.1 Å². The zero-order chi connectivity index (χ0) is 31.0. The molecule has 2 aromatic rings. The Morgan fingerprint density at radius 1 is 1.14 bits per heavy atom. The Hall–Kier alpha value is -3.76. The molecule has 2 N–H and O–H groups in total. The Labute approximate surface area is 252 Å². The quantitative estimate of drug-likeness (QED) is 0.116. The first-order valence-corrected chi connectivity index (χ1v) is 15.2. The monoisotopic (exact) mass is 586 g/mol. The molecule has 2 amide bonds. The third-order valence-electron chi connectivity index (χ3n) is 9.22. The van der Waals surface area contributed by atoms with Crippen LogP contribution in [-0.2, 0) is 14.2 Å². The number of aromatic hydroxyl groups is 1. The number of hydrogen-bond donors (Lipinski definition) is 2. The molecule has 0 spiro atoms. The Bertz CT molecular complexity index is 1490. The van der Waals surface area contributed by atoms with Crippen LogP contribution in [0.3, 0.4) is 0 Å². The number of fused-ring (bicyclic) bond motifs is 3. The lowest BCUT2D eigenvalue weighted by Gasteiger charge is -2.43. The number of carbonyl (C=O) groups excluding carboxylic acids is 2. The smallest absolute Gasteiger partial charge is 0.455 e. The van der Waals surface area contributed by atoms with Crippen LogP contribution in [0.1, 0.15) is 69.1 Å². The summed E-state index contributed by atoms with van der Waals surface area (Å²) in [6, 6.07) is 9.57. The molecule has 1 aliphatic carbocycles. The van der Waals surface area contributed by atoms with E-state index in [4.69, 9.17) is 4.65 Å². The molecule has 2 fully saturated rings. The molecule has 3 aliphatic rings. The fraction of sp³-hybridized carbons (Fsp3) is 0.455. The normalized spacial score (nSPS) is 24.0. The molecule has 0 aromatic heterocycles. The molecule has 5 rings (SSSR count). The number of rotatable bonds is 9. The molecule has 43 heavy (non-hydrogen) atoms. The first-order valence-electron chi connectivity index (χ1n) is 15.2. The lowest BCUT2D eigenvalue weighted by molar-refractivity contribution is -0.384. The largest absolute Gasteiger partial charge is 0.507 e. The van der Waals surface area contributed by atoms with Crippen LogP contribution in [0.4, 0.5) is 11.4 Å². The minimum Gasteiger partial charge on any atom is -0.507 e. The molecule has 2 heterocycles. The summed E-state index contributed by atoms with van der Waals surface area (Å²) in [6.45, 7) is 7.95. The SMILES string of the molecule is CCCC1=C2[C@@H](CC/C(=C/c3cc(C)c(O)c(C)c3)CC)OB(O)C[C@@H]2[C@@H]2C(=O)N(c3cccc([N+](=O)[O-])c3)C(=O)[C@@H]2C1. The van der Waals surface area contributed by atoms with Gasteiger partial charge in [0.15, 0.2) is 0 Å². The highest BCUT2D eigenvalue weighted by Crippen LogP contribution is 2.52. The highest BCUT2D eigenvalue weighted by atomic mass is 16.6. The van der Waals surface area contributed by atoms with E-state index in [0.717, 1.165) is 58.4 Å². The summed E-state index contributed by atoms with van der Waals surface area (Å²) in [5.74, 6) is -1.95. The number of allylic oxidation sites excluding steroid dienone is 2. The number of benzene rings is 2. The van der Waals surface area contributed by atoms with Crippen LogP contribution < -0.4 is 4.90 Å². The van der Waals surface area contributed by atoms with E-state index < -0.39 is 23.9 Å². The van der Waals surface area contributed by atoms with Gasteiger partial charge in [0.05, 0.1) is 28.6 Å². The van der Waals surface area contributed by atoms with Crippen molar-refractivity contribution < 1.29 is 29.3 Å². The van der Waals surface area contributed by atoms with E-state index in [1.807, 2.05) is 26.0 Å². The molecule has 9 nitrogen and oxygen atoms in total. The number of anilines is 1. The van der Waals surface area contributed by atoms with Crippen LogP contribution in [0.5, 0.6) is 5.75 Å². The molecule has 0 unspecified atom stereocenters. The van der Waals surface area contributed by atoms with Crippen LogP contribution in [0.2, 0.25) is 6.32 Å². The molecule has 2 aromatic carbocycles. The van der Waals surface area contributed by atoms with Gasteiger partial charge in [0.2, 0.25) is 11.8 Å². The number of phenolic OH excluding ortho intramolecular Hbond substituents is 1. The zero-order valence-corrected chi connectivity index (χ0v) is 25.2. The summed E-state index contributed by atoms with van der Waals surface area (Å²) in [5, 5.41) is 32.4. The third-order valence-corrected chi connectivity index (χ3v) is 9.22. The Morgan fingerprint density at radius 2 is 1.86 bits per heavy atom. The van der Waals surface area contributed by atoms with Crippen LogP contribution in [0.25, 0.3) is 6.08 Å². The first-order chi connectivity index (χ1) is 20.5. The molecule has 226 valence electrons. The second-order valence-electron chi connectivity index (χ2n) is 12.1. The van der Waals surface area contributed by atoms with E-state index in [0.29, 0.717) is 18.6 Å². The number of hydrogen-bond acceptors (Lipinski definition) is 7. The van der Waals surface area contributed by atoms with Gasteiger partial charge in [-0.15, -0.1) is 0 Å². The van der Waals surface area contributed by atoms with E-state index in [-0.39, 0.29) is 41.5 Å². The number of phenols is 1.